The topological polar surface area (TPSA) is 34.2 Å². The van der Waals surface area contributed by atoms with Crippen molar-refractivity contribution in [2.75, 3.05) is 6.54 Å². The third-order valence-corrected chi connectivity index (χ3v) is 3.64. The van der Waals surface area contributed by atoms with E-state index in [0.717, 1.165) is 24.4 Å². The Kier molecular flexibility index (Phi) is 3.72. The molecule has 1 aromatic heterocycles. The zero-order valence-electron chi connectivity index (χ0n) is 9.27. The van der Waals surface area contributed by atoms with Gasteiger partial charge in [0.25, 0.3) is 0 Å². The highest BCUT2D eigenvalue weighted by molar-refractivity contribution is 7.09. The second kappa shape index (κ2) is 5.05. The standard InChI is InChI=1S/C11H18N2OS/c1-3-12-10(11-13-6-7-15-11)9-5-4-8(2)14-9/h6-10,12H,3-5H2,1-2H3. The molecule has 3 unspecified atom stereocenters. The molecule has 2 rings (SSSR count). The molecule has 0 saturated carbocycles. The van der Waals surface area contributed by atoms with E-state index in [2.05, 4.69) is 24.1 Å². The molecule has 1 aliphatic rings. The van der Waals surface area contributed by atoms with E-state index >= 15 is 0 Å². The Morgan fingerprint density at radius 3 is 3.07 bits per heavy atom. The Morgan fingerprint density at radius 1 is 1.67 bits per heavy atom. The van der Waals surface area contributed by atoms with E-state index < -0.39 is 0 Å². The fraction of sp³-hybridized carbons (Fsp3) is 0.727. The van der Waals surface area contributed by atoms with Crippen molar-refractivity contribution in [3.05, 3.63) is 16.6 Å². The molecule has 1 aromatic rings. The molecule has 0 aromatic carbocycles. The van der Waals surface area contributed by atoms with Gasteiger partial charge in [0.1, 0.15) is 5.01 Å². The zero-order valence-corrected chi connectivity index (χ0v) is 10.1. The van der Waals surface area contributed by atoms with Crippen molar-refractivity contribution >= 4 is 11.3 Å². The van der Waals surface area contributed by atoms with Gasteiger partial charge in [-0.2, -0.15) is 0 Å². The summed E-state index contributed by atoms with van der Waals surface area (Å²) < 4.78 is 5.90. The summed E-state index contributed by atoms with van der Waals surface area (Å²) in [5.74, 6) is 0. The molecule has 4 heteroatoms. The Hall–Kier alpha value is -0.450. The molecule has 0 amide bonds. The molecule has 0 radical (unpaired) electrons. The fourth-order valence-corrected chi connectivity index (χ4v) is 2.83. The number of hydrogen-bond acceptors (Lipinski definition) is 4. The first-order chi connectivity index (χ1) is 7.31. The van der Waals surface area contributed by atoms with Crippen LogP contribution in [-0.4, -0.2) is 23.7 Å². The molecular formula is C11H18N2OS. The van der Waals surface area contributed by atoms with E-state index in [4.69, 9.17) is 4.74 Å². The van der Waals surface area contributed by atoms with Crippen molar-refractivity contribution < 1.29 is 4.74 Å². The average Bonchev–Trinajstić information content (AvgIpc) is 2.85. The van der Waals surface area contributed by atoms with Gasteiger partial charge in [0.15, 0.2) is 0 Å². The summed E-state index contributed by atoms with van der Waals surface area (Å²) in [5, 5.41) is 6.65. The predicted molar refractivity (Wildman–Crippen MR) is 62.1 cm³/mol. The highest BCUT2D eigenvalue weighted by Gasteiger charge is 2.31. The monoisotopic (exact) mass is 226 g/mol. The maximum Gasteiger partial charge on any atom is 0.112 e. The third-order valence-electron chi connectivity index (χ3n) is 2.78. The van der Waals surface area contributed by atoms with Crippen molar-refractivity contribution in [1.82, 2.24) is 10.3 Å². The maximum atomic E-state index is 5.90. The molecule has 3 nitrogen and oxygen atoms in total. The van der Waals surface area contributed by atoms with Crippen molar-refractivity contribution in [2.45, 2.75) is 44.9 Å². The summed E-state index contributed by atoms with van der Waals surface area (Å²) in [7, 11) is 0. The molecule has 0 aliphatic carbocycles. The van der Waals surface area contributed by atoms with Gasteiger partial charge in [-0.15, -0.1) is 11.3 Å². The summed E-state index contributed by atoms with van der Waals surface area (Å²) >= 11 is 1.71. The summed E-state index contributed by atoms with van der Waals surface area (Å²) in [5.41, 5.74) is 0. The van der Waals surface area contributed by atoms with Gasteiger partial charge in [0.2, 0.25) is 0 Å². The smallest absolute Gasteiger partial charge is 0.112 e. The van der Waals surface area contributed by atoms with E-state index in [0.29, 0.717) is 12.2 Å². The minimum atomic E-state index is 0.278. The molecule has 2 heterocycles. The molecular weight excluding hydrogens is 208 g/mol. The van der Waals surface area contributed by atoms with Gasteiger partial charge in [-0.3, -0.25) is 0 Å². The van der Waals surface area contributed by atoms with Crippen LogP contribution in [-0.2, 0) is 4.74 Å². The van der Waals surface area contributed by atoms with E-state index in [-0.39, 0.29) is 6.04 Å². The molecule has 15 heavy (non-hydrogen) atoms. The van der Waals surface area contributed by atoms with Gasteiger partial charge >= 0.3 is 0 Å². The van der Waals surface area contributed by atoms with Crippen LogP contribution in [0.15, 0.2) is 11.6 Å². The predicted octanol–water partition coefficient (Wildman–Crippen LogP) is 2.36. The van der Waals surface area contributed by atoms with Crippen LogP contribution in [0.5, 0.6) is 0 Å². The van der Waals surface area contributed by atoms with Gasteiger partial charge < -0.3 is 10.1 Å². The molecule has 1 N–H and O–H groups in total. The van der Waals surface area contributed by atoms with Crippen LogP contribution in [0.25, 0.3) is 0 Å². The normalized spacial score (nSPS) is 28.1. The Labute approximate surface area is 94.9 Å². The lowest BCUT2D eigenvalue weighted by atomic mass is 10.1. The van der Waals surface area contributed by atoms with Crippen molar-refractivity contribution in [1.29, 1.82) is 0 Å². The molecule has 3 atom stereocenters. The summed E-state index contributed by atoms with van der Waals surface area (Å²) in [4.78, 5) is 4.38. The number of nitrogens with zero attached hydrogens (tertiary/aromatic N) is 1. The molecule has 1 aliphatic heterocycles. The van der Waals surface area contributed by atoms with Crippen LogP contribution >= 0.6 is 11.3 Å². The lowest BCUT2D eigenvalue weighted by Gasteiger charge is -2.22. The Bertz CT molecular complexity index is 289. The first kappa shape index (κ1) is 11.0. The molecule has 0 bridgehead atoms. The summed E-state index contributed by atoms with van der Waals surface area (Å²) in [6, 6.07) is 0.278. The van der Waals surface area contributed by atoms with Crippen molar-refractivity contribution in [3.63, 3.8) is 0 Å². The molecule has 1 fully saturated rings. The highest BCUT2D eigenvalue weighted by Crippen LogP contribution is 2.30. The van der Waals surface area contributed by atoms with Crippen LogP contribution in [0, 0.1) is 0 Å². The van der Waals surface area contributed by atoms with Crippen molar-refractivity contribution in [3.8, 4) is 0 Å². The number of nitrogens with one attached hydrogen (secondary N) is 1. The third kappa shape index (κ3) is 2.56. The van der Waals surface area contributed by atoms with Crippen LogP contribution in [0.4, 0.5) is 0 Å². The first-order valence-electron chi connectivity index (χ1n) is 5.59. The summed E-state index contributed by atoms with van der Waals surface area (Å²) in [6.45, 7) is 5.22. The lowest BCUT2D eigenvalue weighted by Crippen LogP contribution is -2.31. The Morgan fingerprint density at radius 2 is 2.53 bits per heavy atom. The maximum absolute atomic E-state index is 5.90. The number of ether oxygens (including phenoxy) is 1. The van der Waals surface area contributed by atoms with Gasteiger partial charge in [0.05, 0.1) is 18.2 Å². The van der Waals surface area contributed by atoms with Crippen LogP contribution in [0.1, 0.15) is 37.7 Å². The zero-order chi connectivity index (χ0) is 10.7. The van der Waals surface area contributed by atoms with E-state index in [1.807, 2.05) is 11.6 Å². The molecule has 1 saturated heterocycles. The van der Waals surface area contributed by atoms with Gasteiger partial charge in [-0.1, -0.05) is 6.92 Å². The lowest BCUT2D eigenvalue weighted by molar-refractivity contribution is 0.0319. The number of thiazole rings is 1. The average molecular weight is 226 g/mol. The van der Waals surface area contributed by atoms with E-state index in [1.165, 1.54) is 0 Å². The minimum absolute atomic E-state index is 0.278. The van der Waals surface area contributed by atoms with Crippen molar-refractivity contribution in [2.24, 2.45) is 0 Å². The van der Waals surface area contributed by atoms with Crippen LogP contribution in [0.3, 0.4) is 0 Å². The summed E-state index contributed by atoms with van der Waals surface area (Å²) in [6.07, 6.45) is 4.86. The highest BCUT2D eigenvalue weighted by atomic mass is 32.1. The van der Waals surface area contributed by atoms with Crippen LogP contribution in [0.2, 0.25) is 0 Å². The van der Waals surface area contributed by atoms with Gasteiger partial charge in [-0.05, 0) is 26.3 Å². The number of rotatable bonds is 4. The Balaban J connectivity index is 2.06. The van der Waals surface area contributed by atoms with Crippen LogP contribution < -0.4 is 5.32 Å². The van der Waals surface area contributed by atoms with E-state index in [9.17, 15) is 0 Å². The minimum Gasteiger partial charge on any atom is -0.373 e. The number of aromatic nitrogens is 1. The van der Waals surface area contributed by atoms with E-state index in [1.54, 1.807) is 11.3 Å². The van der Waals surface area contributed by atoms with Gasteiger partial charge in [-0.25, -0.2) is 4.98 Å². The number of likely N-dealkylation sites (N-methyl/N-ethyl adjacent to an activating group) is 1. The first-order valence-corrected chi connectivity index (χ1v) is 6.47. The second-order valence-corrected chi connectivity index (χ2v) is 4.89. The molecule has 0 spiro atoms. The quantitative estimate of drug-likeness (QED) is 0.856. The second-order valence-electron chi connectivity index (χ2n) is 3.97. The molecule has 84 valence electrons. The number of hydrogen-bond donors (Lipinski definition) is 1. The largest absolute Gasteiger partial charge is 0.373 e. The fourth-order valence-electron chi connectivity index (χ4n) is 2.06. The van der Waals surface area contributed by atoms with Gasteiger partial charge in [0, 0.05) is 11.6 Å². The SMILES string of the molecule is CCNC(c1nccs1)C1CCC(C)O1.